The Labute approximate surface area is 393 Å². The number of carbonyl (C=O) groups excluding carboxylic acids is 4. The molecule has 3 aromatic carbocycles. The van der Waals surface area contributed by atoms with Gasteiger partial charge in [0.1, 0.15) is 11.8 Å². The Kier molecular flexibility index (Phi) is 17.0. The molecule has 0 aliphatic carbocycles. The number of aryl methyl sites for hydroxylation is 1. The van der Waals surface area contributed by atoms with Crippen LogP contribution in [0.5, 0.6) is 17.2 Å². The molecular formula is C47H53Cl2N7O10. The number of amides is 4. The number of carbonyl (C=O) groups is 4. The lowest BCUT2D eigenvalue weighted by molar-refractivity contribution is -0.136. The van der Waals surface area contributed by atoms with E-state index in [0.717, 1.165) is 56.2 Å². The van der Waals surface area contributed by atoms with Crippen molar-refractivity contribution in [3.05, 3.63) is 86.8 Å². The highest BCUT2D eigenvalue weighted by atomic mass is 35.5. The fourth-order valence-corrected chi connectivity index (χ4v) is 8.70. The van der Waals surface area contributed by atoms with Crippen LogP contribution in [0, 0.1) is 6.57 Å². The van der Waals surface area contributed by atoms with E-state index in [-0.39, 0.29) is 18.4 Å². The van der Waals surface area contributed by atoms with Crippen LogP contribution >= 0.6 is 23.2 Å². The Hall–Kier alpha value is -5.58. The predicted octanol–water partition coefficient (Wildman–Crippen LogP) is 6.32. The number of piperazine rings is 1. The molecule has 4 aromatic rings. The normalized spacial score (nSPS) is 16.7. The fourth-order valence-electron chi connectivity index (χ4n) is 8.19. The maximum absolute atomic E-state index is 13.3. The number of hydrogen-bond donors (Lipinski definition) is 2. The second kappa shape index (κ2) is 23.2. The number of rotatable bonds is 23. The number of fused-ring (bicyclic) bond motifs is 2. The van der Waals surface area contributed by atoms with E-state index in [1.54, 1.807) is 31.4 Å². The van der Waals surface area contributed by atoms with E-state index < -0.39 is 29.7 Å². The number of anilines is 2. The number of hydrogen-bond acceptors (Lipinski definition) is 14. The molecule has 0 radical (unpaired) electrons. The summed E-state index contributed by atoms with van der Waals surface area (Å²) in [5, 5.41) is 6.91. The van der Waals surface area contributed by atoms with Crippen molar-refractivity contribution >= 4 is 74.8 Å². The number of aromatic nitrogens is 1. The van der Waals surface area contributed by atoms with E-state index in [2.05, 4.69) is 30.3 Å². The summed E-state index contributed by atoms with van der Waals surface area (Å²) in [5.74, 6) is -0.504. The van der Waals surface area contributed by atoms with Crippen LogP contribution in [0.15, 0.2) is 48.7 Å². The molecule has 66 heavy (non-hydrogen) atoms. The molecule has 2 fully saturated rings. The quantitative estimate of drug-likeness (QED) is 0.0480. The number of pyridine rings is 1. The van der Waals surface area contributed by atoms with Crippen LogP contribution in [0.4, 0.5) is 17.1 Å². The molecule has 0 bridgehead atoms. The van der Waals surface area contributed by atoms with Gasteiger partial charge in [0.05, 0.1) is 98.5 Å². The van der Waals surface area contributed by atoms with Crippen LogP contribution in [-0.4, -0.2) is 149 Å². The Bertz CT molecular complexity index is 2460. The molecule has 1 aromatic heterocycles. The molecule has 1 unspecified atom stereocenters. The van der Waals surface area contributed by atoms with Gasteiger partial charge < -0.3 is 38.6 Å². The van der Waals surface area contributed by atoms with Gasteiger partial charge in [0.2, 0.25) is 17.5 Å². The molecule has 4 heterocycles. The maximum atomic E-state index is 13.3. The van der Waals surface area contributed by atoms with Crippen LogP contribution in [-0.2, 0) is 30.2 Å². The highest BCUT2D eigenvalue weighted by Crippen LogP contribution is 2.43. The van der Waals surface area contributed by atoms with Crippen LogP contribution in [0.1, 0.15) is 52.0 Å². The summed E-state index contributed by atoms with van der Waals surface area (Å²) in [4.78, 5) is 64.3. The van der Waals surface area contributed by atoms with Gasteiger partial charge in [-0.05, 0) is 49.4 Å². The summed E-state index contributed by atoms with van der Waals surface area (Å²) < 4.78 is 34.5. The highest BCUT2D eigenvalue weighted by molar-refractivity contribution is 6.37. The Morgan fingerprint density at radius 3 is 2.23 bits per heavy atom. The number of methoxy groups -OCH3 is 2. The molecule has 2 saturated heterocycles. The monoisotopic (exact) mass is 945 g/mol. The molecule has 3 aliphatic heterocycles. The van der Waals surface area contributed by atoms with E-state index in [1.807, 2.05) is 18.2 Å². The van der Waals surface area contributed by atoms with Gasteiger partial charge in [-0.25, -0.2) is 4.85 Å². The third-order valence-corrected chi connectivity index (χ3v) is 12.3. The lowest BCUT2D eigenvalue weighted by Gasteiger charge is -2.34. The number of halogens is 2. The molecule has 1 atom stereocenters. The van der Waals surface area contributed by atoms with Crippen molar-refractivity contribution in [2.24, 2.45) is 0 Å². The lowest BCUT2D eigenvalue weighted by Crippen LogP contribution is -2.54. The van der Waals surface area contributed by atoms with Crippen molar-refractivity contribution < 1.29 is 47.6 Å². The van der Waals surface area contributed by atoms with Crippen LogP contribution in [0.2, 0.25) is 10.0 Å². The summed E-state index contributed by atoms with van der Waals surface area (Å²) in [6.07, 6.45) is 3.71. The number of ether oxygens (including phenoxy) is 6. The molecule has 350 valence electrons. The van der Waals surface area contributed by atoms with Crippen molar-refractivity contribution in [2.45, 2.75) is 38.1 Å². The smallest absolute Gasteiger partial charge is 0.262 e. The third-order valence-electron chi connectivity index (χ3n) is 11.7. The number of imide groups is 2. The summed E-state index contributed by atoms with van der Waals surface area (Å²) in [7, 11) is 3.10. The maximum Gasteiger partial charge on any atom is 0.262 e. The molecule has 19 heteroatoms. The van der Waals surface area contributed by atoms with Crippen molar-refractivity contribution in [2.75, 3.05) is 105 Å². The average Bonchev–Trinajstić information content (AvgIpc) is 3.57. The van der Waals surface area contributed by atoms with Gasteiger partial charge in [-0.15, -0.1) is 0 Å². The van der Waals surface area contributed by atoms with E-state index in [4.69, 9.17) is 58.2 Å². The molecule has 0 spiro atoms. The van der Waals surface area contributed by atoms with Gasteiger partial charge in [0.25, 0.3) is 11.8 Å². The Morgan fingerprint density at radius 2 is 1.52 bits per heavy atom. The van der Waals surface area contributed by atoms with Gasteiger partial charge in [0, 0.05) is 76.0 Å². The fraction of sp³-hybridized carbons (Fsp3) is 0.447. The van der Waals surface area contributed by atoms with Crippen molar-refractivity contribution in [1.82, 2.24) is 25.0 Å². The largest absolute Gasteiger partial charge is 0.495 e. The summed E-state index contributed by atoms with van der Waals surface area (Å²) in [6.45, 7) is 16.7. The highest BCUT2D eigenvalue weighted by Gasteiger charge is 2.45. The number of nitrogens with zero attached hydrogens (tertiary/aromatic N) is 5. The van der Waals surface area contributed by atoms with Crippen molar-refractivity contribution in [3.63, 3.8) is 0 Å². The van der Waals surface area contributed by atoms with Crippen LogP contribution in [0.3, 0.4) is 0 Å². The minimum atomic E-state index is -0.989. The Balaban J connectivity index is 0.732. The summed E-state index contributed by atoms with van der Waals surface area (Å²) >= 11 is 12.7. The first kappa shape index (κ1) is 48.4. The summed E-state index contributed by atoms with van der Waals surface area (Å²) in [6, 6.07) is 11.1. The van der Waals surface area contributed by atoms with E-state index >= 15 is 0 Å². The van der Waals surface area contributed by atoms with Crippen molar-refractivity contribution in [1.29, 1.82) is 0 Å². The van der Waals surface area contributed by atoms with Gasteiger partial charge in [0.15, 0.2) is 11.5 Å². The first-order valence-electron chi connectivity index (χ1n) is 21.9. The molecule has 0 saturated carbocycles. The second-order valence-corrected chi connectivity index (χ2v) is 16.7. The number of nitrogens with one attached hydrogen (secondary N) is 2. The zero-order valence-electron chi connectivity index (χ0n) is 37.0. The number of benzene rings is 3. The van der Waals surface area contributed by atoms with Gasteiger partial charge in [-0.3, -0.25) is 39.3 Å². The zero-order chi connectivity index (χ0) is 46.6. The van der Waals surface area contributed by atoms with E-state index in [0.29, 0.717) is 120 Å². The Morgan fingerprint density at radius 1 is 0.803 bits per heavy atom. The van der Waals surface area contributed by atoms with E-state index in [1.165, 1.54) is 13.3 Å². The summed E-state index contributed by atoms with van der Waals surface area (Å²) in [5.41, 5.74) is 3.32. The van der Waals surface area contributed by atoms with E-state index in [9.17, 15) is 19.2 Å². The lowest BCUT2D eigenvalue weighted by atomic mass is 9.99. The number of piperidine rings is 1. The predicted molar refractivity (Wildman–Crippen MR) is 248 cm³/mol. The van der Waals surface area contributed by atoms with Gasteiger partial charge in [-0.1, -0.05) is 35.3 Å². The average molecular weight is 947 g/mol. The SMILES string of the molecule is [C-]#[N+]c1cnc2cc(OCCCN3CCN(CCOCCOCCOCCCc4cccc5c4C(=O)N(C4CCC(=O)NC4=O)C5=O)CC3)c(OC)cc2c1Nc1cc(OC)c(Cl)cc1Cl. The molecule has 17 nitrogen and oxygen atoms in total. The minimum absolute atomic E-state index is 0.0779. The molecule has 7 rings (SSSR count). The topological polar surface area (TPSA) is 175 Å². The molecule has 2 N–H and O–H groups in total. The zero-order valence-corrected chi connectivity index (χ0v) is 38.5. The minimum Gasteiger partial charge on any atom is -0.495 e. The van der Waals surface area contributed by atoms with Crippen molar-refractivity contribution in [3.8, 4) is 17.2 Å². The van der Waals surface area contributed by atoms with Gasteiger partial charge >= 0.3 is 0 Å². The second-order valence-electron chi connectivity index (χ2n) is 15.9. The molecular weight excluding hydrogens is 893 g/mol. The first-order chi connectivity index (χ1) is 32.1. The molecule has 4 amide bonds. The van der Waals surface area contributed by atoms with Crippen LogP contribution < -0.4 is 24.8 Å². The van der Waals surface area contributed by atoms with Crippen LogP contribution in [0.25, 0.3) is 15.7 Å². The standard InChI is InChI=1S/C47H53Cl2N7O10/c1-50-37-29-51-35-27-41(40(62-3)25-32(35)44(37)52-36-28-39(61-2)34(49)26-33(36)48)66-19-6-12-54-13-15-55(16-14-54)17-20-64-22-24-65-23-21-63-18-5-8-30-7-4-9-31-43(30)47(60)56(46(31)59)38-10-11-42(57)53-45(38)58/h4,7,9,25-29,38H,5-6,8,10-24H2,2-3H3,(H,51,52)(H,53,57,58). The third kappa shape index (κ3) is 11.7. The van der Waals surface area contributed by atoms with Gasteiger partial charge in [-0.2, -0.15) is 0 Å². The first-order valence-corrected chi connectivity index (χ1v) is 22.7. The molecule has 3 aliphatic rings.